The zero-order valence-corrected chi connectivity index (χ0v) is 12.7. The molecule has 3 heteroatoms. The number of nitrogens with zero attached hydrogens (tertiary/aromatic N) is 1. The van der Waals surface area contributed by atoms with Crippen LogP contribution in [-0.2, 0) is 4.79 Å². The van der Waals surface area contributed by atoms with Crippen LogP contribution in [0.3, 0.4) is 0 Å². The molecule has 2 aromatic carbocycles. The van der Waals surface area contributed by atoms with Crippen molar-refractivity contribution >= 4 is 5.97 Å². The van der Waals surface area contributed by atoms with E-state index in [4.69, 9.17) is 0 Å². The lowest BCUT2D eigenvalue weighted by atomic mass is 9.82. The van der Waals surface area contributed by atoms with Gasteiger partial charge in [-0.1, -0.05) is 74.0 Å². The van der Waals surface area contributed by atoms with Gasteiger partial charge in [-0.05, 0) is 17.0 Å². The van der Waals surface area contributed by atoms with E-state index >= 15 is 0 Å². The van der Waals surface area contributed by atoms with E-state index in [-0.39, 0.29) is 12.0 Å². The zero-order valence-electron chi connectivity index (χ0n) is 12.7. The predicted octanol–water partition coefficient (Wildman–Crippen LogP) is 3.57. The van der Waals surface area contributed by atoms with Gasteiger partial charge in [0.25, 0.3) is 0 Å². The second-order valence-electron chi connectivity index (χ2n) is 5.87. The van der Waals surface area contributed by atoms with Gasteiger partial charge in [0.1, 0.15) is 6.04 Å². The lowest BCUT2D eigenvalue weighted by Gasteiger charge is -2.49. The molecule has 0 saturated carbocycles. The summed E-state index contributed by atoms with van der Waals surface area (Å²) in [6, 6.07) is 20.0. The van der Waals surface area contributed by atoms with Gasteiger partial charge >= 0.3 is 5.97 Å². The monoisotopic (exact) mass is 295 g/mol. The van der Waals surface area contributed by atoms with Gasteiger partial charge in [0.2, 0.25) is 0 Å². The number of aliphatic carboxylic acids is 1. The van der Waals surface area contributed by atoms with E-state index in [2.05, 4.69) is 36.1 Å². The van der Waals surface area contributed by atoms with Crippen LogP contribution in [0.25, 0.3) is 0 Å². The molecule has 1 saturated heterocycles. The Bertz CT molecular complexity index is 587. The van der Waals surface area contributed by atoms with Crippen LogP contribution in [0.2, 0.25) is 0 Å². The highest BCUT2D eigenvalue weighted by Crippen LogP contribution is 2.39. The minimum absolute atomic E-state index is 0.00583. The van der Waals surface area contributed by atoms with Gasteiger partial charge in [-0.2, -0.15) is 0 Å². The lowest BCUT2D eigenvalue weighted by Crippen LogP contribution is -2.60. The van der Waals surface area contributed by atoms with Crippen molar-refractivity contribution in [2.24, 2.45) is 5.92 Å². The molecule has 3 nitrogen and oxygen atoms in total. The Morgan fingerprint density at radius 3 is 2.00 bits per heavy atom. The topological polar surface area (TPSA) is 40.5 Å². The summed E-state index contributed by atoms with van der Waals surface area (Å²) in [6.07, 6.45) is 0.907. The largest absolute Gasteiger partial charge is 0.480 e. The minimum Gasteiger partial charge on any atom is -0.480 e. The number of hydrogen-bond acceptors (Lipinski definition) is 2. The van der Waals surface area contributed by atoms with Crippen molar-refractivity contribution in [3.63, 3.8) is 0 Å². The predicted molar refractivity (Wildman–Crippen MR) is 86.6 cm³/mol. The maximum Gasteiger partial charge on any atom is 0.321 e. The van der Waals surface area contributed by atoms with Gasteiger partial charge < -0.3 is 5.11 Å². The second-order valence-corrected chi connectivity index (χ2v) is 5.87. The van der Waals surface area contributed by atoms with Crippen LogP contribution < -0.4 is 0 Å². The molecule has 1 heterocycles. The SMILES string of the molecule is CCC1CN(C(c2ccccc2)c2ccccc2)C1C(=O)O. The molecule has 2 unspecified atom stereocenters. The first-order valence-electron chi connectivity index (χ1n) is 7.80. The van der Waals surface area contributed by atoms with E-state index in [1.807, 2.05) is 36.4 Å². The number of carboxylic acids is 1. The number of carboxylic acid groups (broad SMARTS) is 1. The first kappa shape index (κ1) is 14.8. The van der Waals surface area contributed by atoms with E-state index in [0.29, 0.717) is 0 Å². The Kier molecular flexibility index (Phi) is 4.25. The van der Waals surface area contributed by atoms with E-state index in [0.717, 1.165) is 24.1 Å². The van der Waals surface area contributed by atoms with Gasteiger partial charge in [0, 0.05) is 6.54 Å². The fraction of sp³-hybridized carbons (Fsp3) is 0.316. The van der Waals surface area contributed by atoms with Crippen LogP contribution >= 0.6 is 0 Å². The molecule has 1 N–H and O–H groups in total. The van der Waals surface area contributed by atoms with Gasteiger partial charge in [-0.25, -0.2) is 0 Å². The smallest absolute Gasteiger partial charge is 0.321 e. The third-order valence-corrected chi connectivity index (χ3v) is 4.59. The van der Waals surface area contributed by atoms with Crippen LogP contribution in [0.1, 0.15) is 30.5 Å². The summed E-state index contributed by atoms with van der Waals surface area (Å²) < 4.78 is 0. The van der Waals surface area contributed by atoms with Crippen LogP contribution in [0.4, 0.5) is 0 Å². The highest BCUT2D eigenvalue weighted by atomic mass is 16.4. The van der Waals surface area contributed by atoms with Gasteiger partial charge in [0.15, 0.2) is 0 Å². The normalized spacial score (nSPS) is 21.5. The average molecular weight is 295 g/mol. The molecule has 1 aliphatic rings. The summed E-state index contributed by atoms with van der Waals surface area (Å²) in [4.78, 5) is 13.8. The molecule has 3 rings (SSSR count). The number of hydrogen-bond donors (Lipinski definition) is 1. The van der Waals surface area contributed by atoms with Crippen LogP contribution in [0.5, 0.6) is 0 Å². The van der Waals surface area contributed by atoms with Crippen molar-refractivity contribution in [1.82, 2.24) is 4.90 Å². The average Bonchev–Trinajstić information content (AvgIpc) is 2.52. The molecule has 2 aromatic rings. The fourth-order valence-corrected chi connectivity index (χ4v) is 3.42. The van der Waals surface area contributed by atoms with Crippen LogP contribution in [0.15, 0.2) is 60.7 Å². The molecule has 114 valence electrons. The maximum absolute atomic E-state index is 11.7. The zero-order chi connectivity index (χ0) is 15.5. The number of likely N-dealkylation sites (tertiary alicyclic amines) is 1. The number of benzene rings is 2. The summed E-state index contributed by atoms with van der Waals surface area (Å²) >= 11 is 0. The lowest BCUT2D eigenvalue weighted by molar-refractivity contribution is -0.155. The van der Waals surface area contributed by atoms with Crippen molar-refractivity contribution < 1.29 is 9.90 Å². The molecule has 1 fully saturated rings. The fourth-order valence-electron chi connectivity index (χ4n) is 3.42. The maximum atomic E-state index is 11.7. The molecular formula is C19H21NO2. The third-order valence-electron chi connectivity index (χ3n) is 4.59. The van der Waals surface area contributed by atoms with Gasteiger partial charge in [-0.3, -0.25) is 9.69 Å². The molecule has 0 bridgehead atoms. The first-order valence-corrected chi connectivity index (χ1v) is 7.80. The first-order chi connectivity index (χ1) is 10.7. The molecular weight excluding hydrogens is 274 g/mol. The third kappa shape index (κ3) is 2.64. The van der Waals surface area contributed by atoms with E-state index in [1.54, 1.807) is 0 Å². The molecule has 1 aliphatic heterocycles. The number of carbonyl (C=O) groups is 1. The quantitative estimate of drug-likeness (QED) is 0.916. The Labute approximate surface area is 131 Å². The standard InChI is InChI=1S/C19H21NO2/c1-2-14-13-20(18(14)19(21)22)17(15-9-5-3-6-10-15)16-11-7-4-8-12-16/h3-12,14,17-18H,2,13H2,1H3,(H,21,22). The summed E-state index contributed by atoms with van der Waals surface area (Å²) in [5.41, 5.74) is 2.30. The Balaban J connectivity index is 1.98. The number of rotatable bonds is 5. The van der Waals surface area contributed by atoms with Crippen LogP contribution in [0, 0.1) is 5.92 Å². The second kappa shape index (κ2) is 6.32. The van der Waals surface area contributed by atoms with E-state index in [1.165, 1.54) is 0 Å². The molecule has 0 amide bonds. The molecule has 22 heavy (non-hydrogen) atoms. The highest BCUT2D eigenvalue weighted by Gasteiger charge is 2.46. The van der Waals surface area contributed by atoms with Crippen molar-refractivity contribution in [3.8, 4) is 0 Å². The molecule has 0 spiro atoms. The molecule has 0 radical (unpaired) electrons. The van der Waals surface area contributed by atoms with E-state index in [9.17, 15) is 9.90 Å². The van der Waals surface area contributed by atoms with Crippen LogP contribution in [-0.4, -0.2) is 28.6 Å². The van der Waals surface area contributed by atoms with Gasteiger partial charge in [-0.15, -0.1) is 0 Å². The van der Waals surface area contributed by atoms with Crippen molar-refractivity contribution in [1.29, 1.82) is 0 Å². The molecule has 0 aromatic heterocycles. The Morgan fingerprint density at radius 2 is 1.59 bits per heavy atom. The highest BCUT2D eigenvalue weighted by molar-refractivity contribution is 5.75. The Morgan fingerprint density at radius 1 is 1.09 bits per heavy atom. The summed E-state index contributed by atoms with van der Waals surface area (Å²) in [7, 11) is 0. The van der Waals surface area contributed by atoms with Crippen molar-refractivity contribution in [2.75, 3.05) is 6.54 Å². The minimum atomic E-state index is -0.713. The molecule has 2 atom stereocenters. The van der Waals surface area contributed by atoms with E-state index < -0.39 is 12.0 Å². The summed E-state index contributed by atoms with van der Waals surface area (Å²) in [5, 5.41) is 9.61. The molecule has 0 aliphatic carbocycles. The Hall–Kier alpha value is -2.13. The summed E-state index contributed by atoms with van der Waals surface area (Å²) in [6.45, 7) is 2.90. The van der Waals surface area contributed by atoms with Crippen molar-refractivity contribution in [3.05, 3.63) is 71.8 Å². The van der Waals surface area contributed by atoms with Gasteiger partial charge in [0.05, 0.1) is 6.04 Å². The summed E-state index contributed by atoms with van der Waals surface area (Å²) in [5.74, 6) is -0.470. The van der Waals surface area contributed by atoms with Crippen molar-refractivity contribution in [2.45, 2.75) is 25.4 Å².